The zero-order valence-corrected chi connectivity index (χ0v) is 20.4. The van der Waals surface area contributed by atoms with Gasteiger partial charge in [-0.25, -0.2) is 0 Å². The molecule has 1 unspecified atom stereocenters. The van der Waals surface area contributed by atoms with E-state index < -0.39 is 23.8 Å². The molecule has 0 aliphatic carbocycles. The fourth-order valence-electron chi connectivity index (χ4n) is 3.34. The Hall–Kier alpha value is -3.97. The van der Waals surface area contributed by atoms with Gasteiger partial charge in [-0.2, -0.15) is 0 Å². The predicted octanol–water partition coefficient (Wildman–Crippen LogP) is 6.20. The number of carboxylic acids is 2. The minimum atomic E-state index is -0.879. The van der Waals surface area contributed by atoms with Gasteiger partial charge in [-0.15, -0.1) is 11.3 Å². The van der Waals surface area contributed by atoms with Gasteiger partial charge in [-0.05, 0) is 54.4 Å². The number of ketones is 1. The van der Waals surface area contributed by atoms with Crippen molar-refractivity contribution in [1.29, 1.82) is 0 Å². The van der Waals surface area contributed by atoms with Crippen molar-refractivity contribution in [2.45, 2.75) is 25.7 Å². The molecule has 0 saturated carbocycles. The second kappa shape index (κ2) is 11.4. The summed E-state index contributed by atoms with van der Waals surface area (Å²) in [6.45, 7) is 3.30. The maximum atomic E-state index is 12.1. The number of hydrogen-bond donors (Lipinski definition) is 2. The van der Waals surface area contributed by atoms with Crippen molar-refractivity contribution in [2.24, 2.45) is 0 Å². The van der Waals surface area contributed by atoms with Crippen molar-refractivity contribution < 1.29 is 29.3 Å². The van der Waals surface area contributed by atoms with Gasteiger partial charge in [0.05, 0.1) is 23.8 Å². The van der Waals surface area contributed by atoms with Gasteiger partial charge in [0, 0.05) is 10.4 Å². The van der Waals surface area contributed by atoms with Gasteiger partial charge >= 0.3 is 11.9 Å². The van der Waals surface area contributed by atoms with Crippen LogP contribution >= 0.6 is 11.3 Å². The van der Waals surface area contributed by atoms with Crippen LogP contribution in [0.25, 0.3) is 10.8 Å². The topological polar surface area (TPSA) is 101 Å². The summed E-state index contributed by atoms with van der Waals surface area (Å²) in [5.74, 6) is -2.01. The first-order valence-corrected chi connectivity index (χ1v) is 11.8. The Labute approximate surface area is 207 Å². The van der Waals surface area contributed by atoms with Crippen LogP contribution in [0.15, 0.2) is 78.9 Å². The third kappa shape index (κ3) is 6.33. The zero-order chi connectivity index (χ0) is 25.5. The lowest BCUT2D eigenvalue weighted by atomic mass is 9.98. The third-order valence-electron chi connectivity index (χ3n) is 5.63. The van der Waals surface area contributed by atoms with Crippen molar-refractivity contribution in [2.75, 3.05) is 7.11 Å². The van der Waals surface area contributed by atoms with Crippen LogP contribution in [0.3, 0.4) is 0 Å². The monoisotopic (exact) mass is 490 g/mol. The SMILES string of the molecule is CC(C(=O)O)c1ccc(C(=O)c2ccccc2)s1.COc1ccc2cc([C@H](C)C(=O)O)ccc2c1. The Kier molecular flexibility index (Phi) is 8.39. The van der Waals surface area contributed by atoms with E-state index in [1.54, 1.807) is 45.2 Å². The first-order valence-electron chi connectivity index (χ1n) is 10.9. The van der Waals surface area contributed by atoms with Gasteiger partial charge < -0.3 is 14.9 Å². The maximum absolute atomic E-state index is 12.1. The van der Waals surface area contributed by atoms with E-state index in [0.717, 1.165) is 22.1 Å². The summed E-state index contributed by atoms with van der Waals surface area (Å²) in [5, 5.41) is 20.0. The third-order valence-corrected chi connectivity index (χ3v) is 6.89. The second-order valence-electron chi connectivity index (χ2n) is 7.99. The number of fused-ring (bicyclic) bond motifs is 1. The molecule has 6 nitrogen and oxygen atoms in total. The number of carbonyl (C=O) groups is 3. The Morgan fingerprint density at radius 1 is 0.771 bits per heavy atom. The molecule has 1 heterocycles. The van der Waals surface area contributed by atoms with E-state index in [4.69, 9.17) is 14.9 Å². The smallest absolute Gasteiger partial charge is 0.311 e. The first-order chi connectivity index (χ1) is 16.7. The molecule has 2 N–H and O–H groups in total. The molecule has 3 aromatic carbocycles. The summed E-state index contributed by atoms with van der Waals surface area (Å²) in [6, 6.07) is 23.8. The highest BCUT2D eigenvalue weighted by Crippen LogP contribution is 2.27. The van der Waals surface area contributed by atoms with Crippen LogP contribution in [0.4, 0.5) is 0 Å². The lowest BCUT2D eigenvalue weighted by Gasteiger charge is -2.08. The van der Waals surface area contributed by atoms with Crippen molar-refractivity contribution >= 4 is 39.8 Å². The highest BCUT2D eigenvalue weighted by Gasteiger charge is 2.18. The summed E-state index contributed by atoms with van der Waals surface area (Å²) < 4.78 is 5.14. The van der Waals surface area contributed by atoms with Gasteiger partial charge in [0.1, 0.15) is 5.75 Å². The molecular weight excluding hydrogens is 464 g/mol. The minimum absolute atomic E-state index is 0.0653. The Morgan fingerprint density at radius 2 is 1.40 bits per heavy atom. The maximum Gasteiger partial charge on any atom is 0.311 e. The molecule has 1 aromatic heterocycles. The van der Waals surface area contributed by atoms with E-state index in [-0.39, 0.29) is 5.78 Å². The van der Waals surface area contributed by atoms with Gasteiger partial charge in [0.2, 0.25) is 5.78 Å². The zero-order valence-electron chi connectivity index (χ0n) is 19.6. The molecule has 4 rings (SSSR count). The summed E-state index contributed by atoms with van der Waals surface area (Å²) in [4.78, 5) is 35.2. The highest BCUT2D eigenvalue weighted by molar-refractivity contribution is 7.14. The van der Waals surface area contributed by atoms with E-state index >= 15 is 0 Å². The molecule has 4 aromatic rings. The van der Waals surface area contributed by atoms with Gasteiger partial charge in [-0.3, -0.25) is 14.4 Å². The van der Waals surface area contributed by atoms with Crippen LogP contribution in [-0.4, -0.2) is 35.0 Å². The lowest BCUT2D eigenvalue weighted by Crippen LogP contribution is -2.06. The number of benzene rings is 3. The number of aliphatic carboxylic acids is 2. The van der Waals surface area contributed by atoms with Crippen LogP contribution < -0.4 is 4.74 Å². The fourth-order valence-corrected chi connectivity index (χ4v) is 4.36. The molecule has 0 aliphatic heterocycles. The van der Waals surface area contributed by atoms with Gasteiger partial charge in [0.25, 0.3) is 0 Å². The summed E-state index contributed by atoms with van der Waals surface area (Å²) >= 11 is 1.24. The molecule has 0 radical (unpaired) electrons. The van der Waals surface area contributed by atoms with Crippen molar-refractivity contribution in [1.82, 2.24) is 0 Å². The predicted molar refractivity (Wildman–Crippen MR) is 137 cm³/mol. The molecule has 0 spiro atoms. The van der Waals surface area contributed by atoms with Gasteiger partial charge in [-0.1, -0.05) is 54.6 Å². The van der Waals surface area contributed by atoms with E-state index in [1.807, 2.05) is 54.6 Å². The molecule has 0 bridgehead atoms. The number of ether oxygens (including phenoxy) is 1. The highest BCUT2D eigenvalue weighted by atomic mass is 32.1. The van der Waals surface area contributed by atoms with E-state index in [0.29, 0.717) is 15.3 Å². The molecular formula is C28H26O6S. The van der Waals surface area contributed by atoms with Crippen LogP contribution in [-0.2, 0) is 9.59 Å². The molecule has 2 atom stereocenters. The average molecular weight is 491 g/mol. The average Bonchev–Trinajstić information content (AvgIpc) is 3.37. The second-order valence-corrected chi connectivity index (χ2v) is 9.10. The van der Waals surface area contributed by atoms with E-state index in [1.165, 1.54) is 11.3 Å². The summed E-state index contributed by atoms with van der Waals surface area (Å²) in [7, 11) is 1.63. The quantitative estimate of drug-likeness (QED) is 0.299. The standard InChI is InChI=1S/C14H12O3S.C14H14O3/c1-9(14(16)17)11-7-8-12(18-11)13(15)10-5-3-2-4-6-10;1-9(14(15)16)10-3-4-12-8-13(17-2)6-5-11(12)7-10/h2-9H,1H3,(H,16,17);3-9H,1-2H3,(H,15,16)/t;9-/m.0/s1. The molecule has 7 heteroatoms. The van der Waals surface area contributed by atoms with Crippen molar-refractivity contribution in [3.05, 3.63) is 99.7 Å². The van der Waals surface area contributed by atoms with Crippen molar-refractivity contribution in [3.63, 3.8) is 0 Å². The summed E-state index contributed by atoms with van der Waals surface area (Å²) in [6.07, 6.45) is 0. The first kappa shape index (κ1) is 25.6. The van der Waals surface area contributed by atoms with Crippen LogP contribution in [0.1, 0.15) is 51.4 Å². The van der Waals surface area contributed by atoms with E-state index in [9.17, 15) is 14.4 Å². The fraction of sp³-hybridized carbons (Fsp3) is 0.179. The molecule has 0 fully saturated rings. The Morgan fingerprint density at radius 3 is 2.03 bits per heavy atom. The minimum Gasteiger partial charge on any atom is -0.497 e. The van der Waals surface area contributed by atoms with Crippen molar-refractivity contribution in [3.8, 4) is 5.75 Å². The largest absolute Gasteiger partial charge is 0.497 e. The number of thiophene rings is 1. The number of carbonyl (C=O) groups excluding carboxylic acids is 1. The number of methoxy groups -OCH3 is 1. The van der Waals surface area contributed by atoms with Gasteiger partial charge in [0.15, 0.2) is 0 Å². The molecule has 35 heavy (non-hydrogen) atoms. The van der Waals surface area contributed by atoms with Crippen LogP contribution in [0, 0.1) is 0 Å². The normalized spacial score (nSPS) is 12.2. The summed E-state index contributed by atoms with van der Waals surface area (Å²) in [5.41, 5.74) is 1.43. The number of hydrogen-bond acceptors (Lipinski definition) is 5. The van der Waals surface area contributed by atoms with Crippen LogP contribution in [0.2, 0.25) is 0 Å². The molecule has 0 aliphatic rings. The Bertz CT molecular complexity index is 1340. The molecule has 0 amide bonds. The molecule has 0 saturated heterocycles. The molecule has 180 valence electrons. The lowest BCUT2D eigenvalue weighted by molar-refractivity contribution is -0.139. The Balaban J connectivity index is 0.000000196. The number of rotatable bonds is 7. The van der Waals surface area contributed by atoms with E-state index in [2.05, 4.69) is 0 Å². The number of carboxylic acid groups (broad SMARTS) is 2. The van der Waals surface area contributed by atoms with Crippen LogP contribution in [0.5, 0.6) is 5.75 Å².